The molecule has 2 aromatic rings. The molecule has 4 nitrogen and oxygen atoms in total. The molecular weight excluding hydrogens is 352 g/mol. The molecule has 0 saturated carbocycles. The van der Waals surface area contributed by atoms with Crippen LogP contribution >= 0.6 is 15.9 Å². The number of hydrogen-bond acceptors (Lipinski definition) is 4. The first-order valence-corrected chi connectivity index (χ1v) is 8.38. The van der Waals surface area contributed by atoms with Gasteiger partial charge in [0.1, 0.15) is 15.5 Å². The molecule has 0 aliphatic rings. The third-order valence-corrected chi connectivity index (χ3v) is 5.56. The van der Waals surface area contributed by atoms with Gasteiger partial charge >= 0.3 is 0 Å². The van der Waals surface area contributed by atoms with Crippen LogP contribution in [0.25, 0.3) is 0 Å². The minimum absolute atomic E-state index is 0.312. The fourth-order valence-corrected chi connectivity index (χ4v) is 4.28. The molecule has 0 fully saturated rings. The van der Waals surface area contributed by atoms with Crippen LogP contribution in [-0.4, -0.2) is 11.3 Å². The third-order valence-electron chi connectivity index (χ3n) is 3.05. The average molecular weight is 365 g/mol. The van der Waals surface area contributed by atoms with E-state index in [1.165, 1.54) is 7.11 Å². The van der Waals surface area contributed by atoms with Gasteiger partial charge in [0.15, 0.2) is 0 Å². The van der Waals surface area contributed by atoms with Gasteiger partial charge in [-0.05, 0) is 48.9 Å². The molecular formula is C15H13BrN2O2S. The zero-order valence-corrected chi connectivity index (χ0v) is 13.9. The van der Waals surface area contributed by atoms with Crippen LogP contribution in [0.2, 0.25) is 0 Å². The summed E-state index contributed by atoms with van der Waals surface area (Å²) in [5.74, 6) is 0.405. The first kappa shape index (κ1) is 15.5. The van der Waals surface area contributed by atoms with Crippen molar-refractivity contribution in [1.82, 2.24) is 0 Å². The van der Waals surface area contributed by atoms with Crippen LogP contribution in [-0.2, 0) is 9.73 Å². The minimum atomic E-state index is -3.22. The molecule has 0 amide bonds. The Balaban J connectivity index is 2.68. The summed E-state index contributed by atoms with van der Waals surface area (Å²) < 4.78 is 27.3. The molecule has 21 heavy (non-hydrogen) atoms. The number of benzene rings is 2. The summed E-state index contributed by atoms with van der Waals surface area (Å²) >= 11 is 3.32. The van der Waals surface area contributed by atoms with E-state index < -0.39 is 9.73 Å². The summed E-state index contributed by atoms with van der Waals surface area (Å²) in [5.41, 5.74) is 1.13. The van der Waals surface area contributed by atoms with E-state index in [4.69, 9.17) is 14.8 Å². The highest BCUT2D eigenvalue weighted by Crippen LogP contribution is 2.33. The highest BCUT2D eigenvalue weighted by Gasteiger charge is 2.21. The lowest BCUT2D eigenvalue weighted by Gasteiger charge is -2.14. The molecule has 1 atom stereocenters. The van der Waals surface area contributed by atoms with Crippen LogP contribution in [0.15, 0.2) is 50.7 Å². The summed E-state index contributed by atoms with van der Waals surface area (Å²) in [5, 5.41) is 8.90. The smallest absolute Gasteiger partial charge is 0.136 e. The highest BCUT2D eigenvalue weighted by atomic mass is 79.9. The summed E-state index contributed by atoms with van der Waals surface area (Å²) in [4.78, 5) is 0.699. The first-order chi connectivity index (χ1) is 9.90. The zero-order valence-electron chi connectivity index (χ0n) is 11.5. The van der Waals surface area contributed by atoms with Crippen LogP contribution in [0.3, 0.4) is 0 Å². The lowest BCUT2D eigenvalue weighted by Crippen LogP contribution is -2.05. The van der Waals surface area contributed by atoms with E-state index in [1.807, 2.05) is 6.07 Å². The van der Waals surface area contributed by atoms with Gasteiger partial charge in [-0.2, -0.15) is 5.26 Å². The normalized spacial score (nSPS) is 13.2. The van der Waals surface area contributed by atoms with Gasteiger partial charge in [0.05, 0.1) is 28.5 Å². The number of aryl methyl sites for hydroxylation is 1. The Labute approximate surface area is 132 Å². The van der Waals surface area contributed by atoms with Gasteiger partial charge in [0, 0.05) is 4.47 Å². The van der Waals surface area contributed by atoms with Crippen LogP contribution in [0.1, 0.15) is 11.1 Å². The molecule has 2 aromatic carbocycles. The maximum atomic E-state index is 13.0. The van der Waals surface area contributed by atoms with Crippen molar-refractivity contribution in [2.75, 3.05) is 7.11 Å². The van der Waals surface area contributed by atoms with Gasteiger partial charge in [0.25, 0.3) is 0 Å². The van der Waals surface area contributed by atoms with Crippen LogP contribution in [0, 0.1) is 23.0 Å². The topological polar surface area (TPSA) is 73.9 Å². The Bertz CT molecular complexity index is 839. The van der Waals surface area contributed by atoms with Gasteiger partial charge in [-0.3, -0.25) is 0 Å². The number of ether oxygens (including phenoxy) is 1. The Morgan fingerprint density at radius 2 is 1.95 bits per heavy atom. The van der Waals surface area contributed by atoms with Crippen LogP contribution in [0.4, 0.5) is 0 Å². The summed E-state index contributed by atoms with van der Waals surface area (Å²) in [6.45, 7) is 1.74. The number of nitrogens with one attached hydrogen (secondary N) is 1. The van der Waals surface area contributed by atoms with Gasteiger partial charge in [-0.1, -0.05) is 15.9 Å². The van der Waals surface area contributed by atoms with E-state index in [2.05, 4.69) is 15.9 Å². The molecule has 108 valence electrons. The number of hydrogen-bond donors (Lipinski definition) is 1. The van der Waals surface area contributed by atoms with Crippen LogP contribution < -0.4 is 4.74 Å². The Morgan fingerprint density at radius 1 is 1.24 bits per heavy atom. The zero-order chi connectivity index (χ0) is 15.6. The predicted octanol–water partition coefficient (Wildman–Crippen LogP) is 4.10. The van der Waals surface area contributed by atoms with E-state index in [0.29, 0.717) is 26.7 Å². The monoisotopic (exact) mass is 364 g/mol. The molecule has 1 unspecified atom stereocenters. The number of halogens is 1. The average Bonchev–Trinajstić information content (AvgIpc) is 2.46. The van der Waals surface area contributed by atoms with E-state index >= 15 is 0 Å². The Morgan fingerprint density at radius 3 is 2.52 bits per heavy atom. The summed E-state index contributed by atoms with van der Waals surface area (Å²) in [6.07, 6.45) is 0. The largest absolute Gasteiger partial charge is 0.495 e. The van der Waals surface area contributed by atoms with Crippen molar-refractivity contribution < 1.29 is 8.95 Å². The number of nitrogens with zero attached hydrogens (tertiary/aromatic N) is 1. The van der Waals surface area contributed by atoms with Gasteiger partial charge in [0.2, 0.25) is 0 Å². The number of nitriles is 1. The Kier molecular flexibility index (Phi) is 4.35. The third kappa shape index (κ3) is 2.94. The van der Waals surface area contributed by atoms with E-state index in [1.54, 1.807) is 43.3 Å². The highest BCUT2D eigenvalue weighted by molar-refractivity contribution is 9.10. The van der Waals surface area contributed by atoms with Crippen molar-refractivity contribution in [2.24, 2.45) is 0 Å². The molecule has 0 aliphatic heterocycles. The predicted molar refractivity (Wildman–Crippen MR) is 84.0 cm³/mol. The lowest BCUT2D eigenvalue weighted by molar-refractivity contribution is 0.403. The molecule has 2 rings (SSSR count). The van der Waals surface area contributed by atoms with Crippen molar-refractivity contribution in [2.45, 2.75) is 16.7 Å². The first-order valence-electron chi connectivity index (χ1n) is 6.03. The second kappa shape index (κ2) is 5.88. The standard InChI is InChI=1S/C15H13BrN2O2S/c1-10-7-11(9-17)3-6-14(10)21(18,19)15-8-12(16)4-5-13(15)20-2/h3-8,18H,1-2H3. The minimum Gasteiger partial charge on any atom is -0.495 e. The van der Waals surface area contributed by atoms with Crippen molar-refractivity contribution >= 4 is 25.7 Å². The lowest BCUT2D eigenvalue weighted by atomic mass is 10.2. The van der Waals surface area contributed by atoms with Crippen molar-refractivity contribution in [3.05, 3.63) is 52.0 Å². The molecule has 0 spiro atoms. The second-order valence-electron chi connectivity index (χ2n) is 4.44. The van der Waals surface area contributed by atoms with E-state index in [0.717, 1.165) is 4.47 Å². The molecule has 0 saturated heterocycles. The Hall–Kier alpha value is -1.84. The number of methoxy groups -OCH3 is 1. The number of rotatable bonds is 3. The van der Waals surface area contributed by atoms with E-state index in [9.17, 15) is 4.21 Å². The second-order valence-corrected chi connectivity index (χ2v) is 7.35. The fourth-order valence-electron chi connectivity index (χ4n) is 2.04. The van der Waals surface area contributed by atoms with Gasteiger partial charge < -0.3 is 4.74 Å². The van der Waals surface area contributed by atoms with E-state index in [-0.39, 0.29) is 0 Å². The molecule has 0 bridgehead atoms. The van der Waals surface area contributed by atoms with Crippen LogP contribution in [0.5, 0.6) is 5.75 Å². The fraction of sp³-hybridized carbons (Fsp3) is 0.133. The molecule has 0 radical (unpaired) electrons. The maximum absolute atomic E-state index is 13.0. The molecule has 6 heteroatoms. The molecule has 0 heterocycles. The molecule has 1 N–H and O–H groups in total. The van der Waals surface area contributed by atoms with Crippen molar-refractivity contribution in [3.8, 4) is 11.8 Å². The quantitative estimate of drug-likeness (QED) is 0.890. The van der Waals surface area contributed by atoms with Crippen molar-refractivity contribution in [1.29, 1.82) is 10.0 Å². The van der Waals surface area contributed by atoms with Gasteiger partial charge in [-0.25, -0.2) is 8.99 Å². The molecule has 0 aliphatic carbocycles. The molecule has 0 aromatic heterocycles. The summed E-state index contributed by atoms with van der Waals surface area (Å²) in [6, 6.07) is 11.9. The van der Waals surface area contributed by atoms with Gasteiger partial charge in [-0.15, -0.1) is 0 Å². The van der Waals surface area contributed by atoms with Crippen molar-refractivity contribution in [3.63, 3.8) is 0 Å². The maximum Gasteiger partial charge on any atom is 0.136 e. The SMILES string of the molecule is COc1ccc(Br)cc1S(=N)(=O)c1ccc(C#N)cc1C. The summed E-state index contributed by atoms with van der Waals surface area (Å²) in [7, 11) is -1.74.